The molecule has 4 nitrogen and oxygen atoms in total. The normalized spacial score (nSPS) is 19.9. The van der Waals surface area contributed by atoms with Crippen molar-refractivity contribution in [3.8, 4) is 0 Å². The molecular weight excluding hydrogens is 384 g/mol. The maximum atomic E-state index is 14.3. The molecule has 2 aromatic carbocycles. The minimum atomic E-state index is -0.228. The Balaban J connectivity index is 1.42. The van der Waals surface area contributed by atoms with Gasteiger partial charge in [0.25, 0.3) is 0 Å². The Morgan fingerprint density at radius 1 is 0.900 bits per heavy atom. The van der Waals surface area contributed by atoms with E-state index in [9.17, 15) is 8.78 Å². The van der Waals surface area contributed by atoms with Gasteiger partial charge in [0.05, 0.1) is 0 Å². The first kappa shape index (κ1) is 20.8. The van der Waals surface area contributed by atoms with Gasteiger partial charge in [-0.15, -0.1) is 0 Å². The van der Waals surface area contributed by atoms with E-state index in [0.717, 1.165) is 36.8 Å². The van der Waals surface area contributed by atoms with Crippen LogP contribution in [0, 0.1) is 11.6 Å². The number of ether oxygens (including phenoxy) is 1. The van der Waals surface area contributed by atoms with Gasteiger partial charge in [-0.05, 0) is 55.0 Å². The van der Waals surface area contributed by atoms with Gasteiger partial charge in [-0.25, -0.2) is 8.78 Å². The van der Waals surface area contributed by atoms with E-state index < -0.39 is 0 Å². The van der Waals surface area contributed by atoms with Crippen LogP contribution in [0.25, 0.3) is 0 Å². The number of hydrogen-bond donors (Lipinski definition) is 2. The minimum Gasteiger partial charge on any atom is -0.381 e. The molecule has 0 amide bonds. The number of rotatable bonds is 6. The quantitative estimate of drug-likeness (QED) is 0.558. The summed E-state index contributed by atoms with van der Waals surface area (Å²) < 4.78 is 33.3. The maximum Gasteiger partial charge on any atom is 0.191 e. The van der Waals surface area contributed by atoms with Crippen LogP contribution in [0.15, 0.2) is 53.5 Å². The third-order valence-electron chi connectivity index (χ3n) is 6.62. The van der Waals surface area contributed by atoms with Crippen LogP contribution in [0.3, 0.4) is 0 Å². The highest BCUT2D eigenvalue weighted by Gasteiger charge is 2.46. The zero-order valence-corrected chi connectivity index (χ0v) is 17.4. The van der Waals surface area contributed by atoms with Crippen molar-refractivity contribution < 1.29 is 13.5 Å². The van der Waals surface area contributed by atoms with Gasteiger partial charge in [-0.1, -0.05) is 30.3 Å². The molecule has 160 valence electrons. The van der Waals surface area contributed by atoms with E-state index in [1.807, 2.05) is 24.3 Å². The molecule has 2 N–H and O–H groups in total. The predicted octanol–water partition coefficient (Wildman–Crippen LogP) is 3.91. The maximum absolute atomic E-state index is 14.3. The Kier molecular flexibility index (Phi) is 6.04. The van der Waals surface area contributed by atoms with E-state index in [4.69, 9.17) is 4.74 Å². The van der Waals surface area contributed by atoms with Crippen molar-refractivity contribution in [2.45, 2.75) is 36.5 Å². The number of aliphatic imine (C=N–C) groups is 1. The van der Waals surface area contributed by atoms with Crippen LogP contribution in [0.5, 0.6) is 0 Å². The lowest BCUT2D eigenvalue weighted by atomic mass is 9.74. The van der Waals surface area contributed by atoms with Crippen LogP contribution in [0.4, 0.5) is 8.78 Å². The molecule has 4 rings (SSSR count). The Labute approximate surface area is 176 Å². The first-order valence-corrected chi connectivity index (χ1v) is 10.6. The second-order valence-corrected chi connectivity index (χ2v) is 8.44. The average Bonchev–Trinajstić information content (AvgIpc) is 3.56. The zero-order chi connectivity index (χ0) is 21.0. The van der Waals surface area contributed by atoms with Crippen LogP contribution >= 0.6 is 0 Å². The molecule has 2 fully saturated rings. The number of hydrogen-bond acceptors (Lipinski definition) is 2. The van der Waals surface area contributed by atoms with Gasteiger partial charge in [0.2, 0.25) is 0 Å². The van der Waals surface area contributed by atoms with E-state index in [-0.39, 0.29) is 22.5 Å². The van der Waals surface area contributed by atoms with Crippen molar-refractivity contribution >= 4 is 5.96 Å². The van der Waals surface area contributed by atoms with Crippen molar-refractivity contribution in [3.63, 3.8) is 0 Å². The molecule has 1 saturated heterocycles. The third-order valence-corrected chi connectivity index (χ3v) is 6.62. The largest absolute Gasteiger partial charge is 0.381 e. The molecule has 0 unspecified atom stereocenters. The minimum absolute atomic E-state index is 0.133. The molecule has 1 aliphatic heterocycles. The summed E-state index contributed by atoms with van der Waals surface area (Å²) in [5.41, 5.74) is 1.60. The van der Waals surface area contributed by atoms with E-state index >= 15 is 0 Å². The predicted molar refractivity (Wildman–Crippen MR) is 115 cm³/mol. The summed E-state index contributed by atoms with van der Waals surface area (Å²) in [7, 11) is 1.74. The smallest absolute Gasteiger partial charge is 0.191 e. The monoisotopic (exact) mass is 413 g/mol. The standard InChI is InChI=1S/C24H29F2N3O/c1-27-22(29-17-24(10-11-24)20-4-2-3-5-21(20)26)28-16-23(12-14-30-15-13-23)18-6-8-19(25)9-7-18/h2-9H,10-17H2,1H3,(H2,27,28,29). The van der Waals surface area contributed by atoms with Gasteiger partial charge in [0, 0.05) is 44.2 Å². The van der Waals surface area contributed by atoms with Crippen molar-refractivity contribution in [3.05, 3.63) is 71.3 Å². The molecule has 6 heteroatoms. The van der Waals surface area contributed by atoms with Crippen LogP contribution in [0.1, 0.15) is 36.8 Å². The molecule has 0 spiro atoms. The lowest BCUT2D eigenvalue weighted by Gasteiger charge is -2.38. The molecule has 1 saturated carbocycles. The molecule has 0 aromatic heterocycles. The van der Waals surface area contributed by atoms with E-state index in [1.165, 1.54) is 18.2 Å². The van der Waals surface area contributed by atoms with Crippen LogP contribution < -0.4 is 10.6 Å². The summed E-state index contributed by atoms with van der Waals surface area (Å²) in [6, 6.07) is 13.8. The van der Waals surface area contributed by atoms with Crippen molar-refractivity contribution in [1.82, 2.24) is 10.6 Å². The highest BCUT2D eigenvalue weighted by Crippen LogP contribution is 2.48. The van der Waals surface area contributed by atoms with Crippen molar-refractivity contribution in [2.24, 2.45) is 4.99 Å². The Morgan fingerprint density at radius 3 is 2.13 bits per heavy atom. The van der Waals surface area contributed by atoms with Crippen molar-refractivity contribution in [1.29, 1.82) is 0 Å². The lowest BCUT2D eigenvalue weighted by molar-refractivity contribution is 0.0513. The van der Waals surface area contributed by atoms with Gasteiger partial charge >= 0.3 is 0 Å². The average molecular weight is 414 g/mol. The summed E-state index contributed by atoms with van der Waals surface area (Å²) in [4.78, 5) is 4.37. The van der Waals surface area contributed by atoms with Crippen LogP contribution in [-0.2, 0) is 15.6 Å². The number of guanidine groups is 1. The fourth-order valence-corrected chi connectivity index (χ4v) is 4.44. The highest BCUT2D eigenvalue weighted by molar-refractivity contribution is 5.80. The fraction of sp³-hybridized carbons (Fsp3) is 0.458. The fourth-order valence-electron chi connectivity index (χ4n) is 4.44. The summed E-state index contributed by atoms with van der Waals surface area (Å²) in [6.07, 6.45) is 3.66. The van der Waals surface area contributed by atoms with Crippen molar-refractivity contribution in [2.75, 3.05) is 33.4 Å². The topological polar surface area (TPSA) is 45.7 Å². The number of nitrogens with zero attached hydrogens (tertiary/aromatic N) is 1. The number of nitrogens with one attached hydrogen (secondary N) is 2. The Hall–Kier alpha value is -2.47. The second kappa shape index (κ2) is 8.72. The number of benzene rings is 2. The van der Waals surface area contributed by atoms with Gasteiger partial charge in [-0.3, -0.25) is 4.99 Å². The SMILES string of the molecule is CN=C(NCC1(c2ccc(F)cc2)CCOCC1)NCC1(c2ccccc2F)CC1. The van der Waals surface area contributed by atoms with E-state index in [2.05, 4.69) is 15.6 Å². The van der Waals surface area contributed by atoms with Gasteiger partial charge in [-0.2, -0.15) is 0 Å². The third kappa shape index (κ3) is 4.33. The lowest BCUT2D eigenvalue weighted by Crippen LogP contribution is -2.49. The van der Waals surface area contributed by atoms with Gasteiger partial charge < -0.3 is 15.4 Å². The van der Waals surface area contributed by atoms with Gasteiger partial charge in [0.15, 0.2) is 5.96 Å². The number of halogens is 2. The molecule has 30 heavy (non-hydrogen) atoms. The second-order valence-electron chi connectivity index (χ2n) is 8.44. The molecule has 0 radical (unpaired) electrons. The van der Waals surface area contributed by atoms with Crippen LogP contribution in [-0.4, -0.2) is 39.3 Å². The Morgan fingerprint density at radius 2 is 1.53 bits per heavy atom. The first-order valence-electron chi connectivity index (χ1n) is 10.6. The summed E-state index contributed by atoms with van der Waals surface area (Å²) in [5, 5.41) is 6.85. The summed E-state index contributed by atoms with van der Waals surface area (Å²) in [5.74, 6) is 0.331. The van der Waals surface area contributed by atoms with Crippen LogP contribution in [0.2, 0.25) is 0 Å². The molecule has 2 aliphatic rings. The molecular formula is C24H29F2N3O. The Bertz CT molecular complexity index is 888. The summed E-state index contributed by atoms with van der Waals surface area (Å²) in [6.45, 7) is 2.68. The molecule has 0 atom stereocenters. The van der Waals surface area contributed by atoms with Gasteiger partial charge in [0.1, 0.15) is 11.6 Å². The first-order chi connectivity index (χ1) is 14.6. The zero-order valence-electron chi connectivity index (χ0n) is 17.4. The summed E-state index contributed by atoms with van der Waals surface area (Å²) >= 11 is 0. The highest BCUT2D eigenvalue weighted by atomic mass is 19.1. The van der Waals surface area contributed by atoms with E-state index in [0.29, 0.717) is 32.3 Å². The molecule has 1 aliphatic carbocycles. The molecule has 2 aromatic rings. The molecule has 1 heterocycles. The van der Waals surface area contributed by atoms with E-state index in [1.54, 1.807) is 13.1 Å². The molecule has 0 bridgehead atoms.